The Labute approximate surface area is 199 Å². The van der Waals surface area contributed by atoms with Gasteiger partial charge in [-0.15, -0.1) is 0 Å². The summed E-state index contributed by atoms with van der Waals surface area (Å²) in [7, 11) is -4.67. The number of thioether (sulfide) groups is 1. The highest BCUT2D eigenvalue weighted by molar-refractivity contribution is 8.15. The lowest BCUT2D eigenvalue weighted by atomic mass is 10.1. The van der Waals surface area contributed by atoms with Gasteiger partial charge in [0.15, 0.2) is 6.10 Å². The Morgan fingerprint density at radius 2 is 1.82 bits per heavy atom. The van der Waals surface area contributed by atoms with E-state index in [1.54, 1.807) is 30.3 Å². The van der Waals surface area contributed by atoms with E-state index >= 15 is 0 Å². The lowest BCUT2D eigenvalue weighted by Crippen LogP contribution is -2.25. The molecule has 2 aromatic carbocycles. The van der Waals surface area contributed by atoms with Crippen LogP contribution in [0.15, 0.2) is 48.5 Å². The first-order valence-corrected chi connectivity index (χ1v) is 11.9. The molecule has 1 fully saturated rings. The van der Waals surface area contributed by atoms with Crippen molar-refractivity contribution in [3.05, 3.63) is 64.7 Å². The van der Waals surface area contributed by atoms with Crippen LogP contribution in [0.5, 0.6) is 5.75 Å². The van der Waals surface area contributed by atoms with Crippen LogP contribution in [-0.2, 0) is 31.1 Å². The van der Waals surface area contributed by atoms with Gasteiger partial charge >= 0.3 is 16.4 Å². The molecule has 0 aromatic heterocycles. The number of hydrogen-bond acceptors (Lipinski definition) is 8. The molecule has 3 N–H and O–H groups in total. The third-order valence-electron chi connectivity index (χ3n) is 4.04. The van der Waals surface area contributed by atoms with Gasteiger partial charge in [-0.1, -0.05) is 47.6 Å². The topological polar surface area (TPSA) is 156 Å². The molecule has 2 atom stereocenters. The molecule has 2 aromatic rings. The van der Waals surface area contributed by atoms with Gasteiger partial charge in [0, 0.05) is 11.9 Å². The number of amides is 2. The van der Waals surface area contributed by atoms with Crippen LogP contribution >= 0.6 is 23.4 Å². The molecule has 2 amide bonds. The first-order chi connectivity index (χ1) is 15.4. The largest absolute Gasteiger partial charge is 0.489 e. The second-order valence-corrected chi connectivity index (χ2v) is 9.15. The predicted molar refractivity (Wildman–Crippen MR) is 121 cm³/mol. The minimum absolute atomic E-state index is 0.134. The van der Waals surface area contributed by atoms with Crippen molar-refractivity contribution in [2.24, 2.45) is 0 Å². The molecule has 1 aliphatic rings. The summed E-state index contributed by atoms with van der Waals surface area (Å²) in [6.07, 6.45) is -0.123. The maximum atomic E-state index is 11.7. The fourth-order valence-corrected chi connectivity index (χ4v) is 3.80. The Morgan fingerprint density at radius 1 is 1.18 bits per heavy atom. The van der Waals surface area contributed by atoms with Gasteiger partial charge in [0.05, 0.1) is 5.25 Å². The average Bonchev–Trinajstić information content (AvgIpc) is 3.01. The van der Waals surface area contributed by atoms with E-state index in [2.05, 4.69) is 5.32 Å². The highest BCUT2D eigenvalue weighted by atomic mass is 35.5. The molecule has 0 radical (unpaired) electrons. The summed E-state index contributed by atoms with van der Waals surface area (Å²) in [5, 5.41) is 2.10. The van der Waals surface area contributed by atoms with E-state index in [1.807, 2.05) is 18.2 Å². The second kappa shape index (κ2) is 12.0. The summed E-state index contributed by atoms with van der Waals surface area (Å²) in [6, 6.07) is 14.3. The van der Waals surface area contributed by atoms with Gasteiger partial charge < -0.3 is 9.47 Å². The van der Waals surface area contributed by atoms with Gasteiger partial charge in [-0.05, 0) is 41.8 Å². The van der Waals surface area contributed by atoms with Crippen LogP contribution in [0.3, 0.4) is 0 Å². The number of nitrogens with one attached hydrogen (secondary N) is 1. The molecule has 13 heteroatoms. The van der Waals surface area contributed by atoms with Crippen molar-refractivity contribution in [2.45, 2.75) is 24.7 Å². The fraction of sp³-hybridized carbons (Fsp3) is 0.250. The molecule has 3 rings (SSSR count). The minimum Gasteiger partial charge on any atom is -0.489 e. The maximum absolute atomic E-state index is 11.7. The maximum Gasteiger partial charge on any atom is 0.394 e. The molecule has 0 saturated carbocycles. The Bertz CT molecular complexity index is 1100. The van der Waals surface area contributed by atoms with E-state index in [4.69, 9.17) is 38.6 Å². The minimum atomic E-state index is -4.67. The molecular formula is C20H20ClNO9S2. The van der Waals surface area contributed by atoms with Crippen LogP contribution in [-0.4, -0.2) is 46.5 Å². The number of esters is 1. The smallest absolute Gasteiger partial charge is 0.394 e. The van der Waals surface area contributed by atoms with E-state index < -0.39 is 27.7 Å². The Balaban J connectivity index is 0.000000696. The zero-order chi connectivity index (χ0) is 24.6. The number of ether oxygens (including phenoxy) is 2. The van der Waals surface area contributed by atoms with Crippen molar-refractivity contribution in [1.29, 1.82) is 0 Å². The van der Waals surface area contributed by atoms with E-state index in [0.717, 1.165) is 22.9 Å². The lowest BCUT2D eigenvalue weighted by Gasteiger charge is -2.18. The lowest BCUT2D eigenvalue weighted by molar-refractivity contribution is -0.148. The second-order valence-electron chi connectivity index (χ2n) is 6.64. The van der Waals surface area contributed by atoms with E-state index in [1.165, 1.54) is 6.92 Å². The zero-order valence-corrected chi connectivity index (χ0v) is 19.5. The third-order valence-corrected chi connectivity index (χ3v) is 5.26. The Morgan fingerprint density at radius 3 is 2.33 bits per heavy atom. The van der Waals surface area contributed by atoms with Crippen molar-refractivity contribution in [1.82, 2.24) is 5.32 Å². The van der Waals surface area contributed by atoms with Crippen molar-refractivity contribution >= 4 is 50.9 Å². The molecular weight excluding hydrogens is 498 g/mol. The van der Waals surface area contributed by atoms with Crippen LogP contribution < -0.4 is 10.1 Å². The normalized spacial score (nSPS) is 16.3. The van der Waals surface area contributed by atoms with Gasteiger partial charge in [-0.25, -0.2) is 0 Å². The molecule has 0 spiro atoms. The fourth-order valence-electron chi connectivity index (χ4n) is 2.74. The van der Waals surface area contributed by atoms with Crippen LogP contribution in [0.4, 0.5) is 4.79 Å². The molecule has 1 unspecified atom stereocenters. The number of carbonyl (C=O) groups excluding carboxylic acids is 3. The molecule has 1 heterocycles. The molecule has 1 aliphatic heterocycles. The van der Waals surface area contributed by atoms with Gasteiger partial charge in [0.25, 0.3) is 5.24 Å². The van der Waals surface area contributed by atoms with E-state index in [-0.39, 0.29) is 17.8 Å². The van der Waals surface area contributed by atoms with Gasteiger partial charge in [-0.2, -0.15) is 8.42 Å². The van der Waals surface area contributed by atoms with Crippen molar-refractivity contribution in [3.8, 4) is 5.75 Å². The van der Waals surface area contributed by atoms with E-state index in [9.17, 15) is 14.4 Å². The Kier molecular flexibility index (Phi) is 9.68. The van der Waals surface area contributed by atoms with Crippen molar-refractivity contribution in [2.75, 3.05) is 6.61 Å². The van der Waals surface area contributed by atoms with Crippen LogP contribution in [0, 0.1) is 0 Å². The highest BCUT2D eigenvalue weighted by Gasteiger charge is 2.31. The van der Waals surface area contributed by atoms with E-state index in [0.29, 0.717) is 17.2 Å². The summed E-state index contributed by atoms with van der Waals surface area (Å²) in [5.41, 5.74) is 1.66. The predicted octanol–water partition coefficient (Wildman–Crippen LogP) is 3.26. The monoisotopic (exact) mass is 517 g/mol. The van der Waals surface area contributed by atoms with Gasteiger partial charge in [-0.3, -0.25) is 28.8 Å². The first kappa shape index (κ1) is 26.6. The molecule has 0 aliphatic carbocycles. The summed E-state index contributed by atoms with van der Waals surface area (Å²) in [6.45, 7) is 1.48. The van der Waals surface area contributed by atoms with Crippen LogP contribution in [0.2, 0.25) is 5.02 Å². The molecule has 178 valence electrons. The molecule has 0 bridgehead atoms. The van der Waals surface area contributed by atoms with Crippen LogP contribution in [0.25, 0.3) is 0 Å². The van der Waals surface area contributed by atoms with Crippen LogP contribution in [0.1, 0.15) is 24.2 Å². The summed E-state index contributed by atoms with van der Waals surface area (Å²) in [5.74, 6) is -0.0746. The SMILES string of the molecule is CC(=O)O[C@@H](COc1ccc(CC2SC(=O)NC2=O)cc1)c1cccc(Cl)c1.O=S(=O)(O)O. The summed E-state index contributed by atoms with van der Waals surface area (Å²) in [4.78, 5) is 34.3. The quantitative estimate of drug-likeness (QED) is 0.368. The standard InChI is InChI=1S/C20H18ClNO5S.H2O4S/c1-12(23)27-17(14-3-2-4-15(21)10-14)11-26-16-7-5-13(6-8-16)9-18-19(24)22-20(25)28-18;1-5(2,3)4/h2-8,10,17-18H,9,11H2,1H3,(H,22,24,25);(H2,1,2,3,4)/t17-,18?;/m0./s1. The molecule has 10 nitrogen and oxygen atoms in total. The number of imide groups is 1. The first-order valence-electron chi connectivity index (χ1n) is 9.26. The summed E-state index contributed by atoms with van der Waals surface area (Å²) >= 11 is 7.02. The summed E-state index contributed by atoms with van der Waals surface area (Å²) < 4.78 is 42.7. The van der Waals surface area contributed by atoms with Gasteiger partial charge in [0.2, 0.25) is 5.91 Å². The van der Waals surface area contributed by atoms with Crippen molar-refractivity contribution in [3.63, 3.8) is 0 Å². The van der Waals surface area contributed by atoms with Crippen molar-refractivity contribution < 1.29 is 41.4 Å². The third kappa shape index (κ3) is 10.2. The Hall–Kier alpha value is -2.64. The highest BCUT2D eigenvalue weighted by Crippen LogP contribution is 2.25. The zero-order valence-electron chi connectivity index (χ0n) is 17.1. The molecule has 33 heavy (non-hydrogen) atoms. The number of carbonyl (C=O) groups is 3. The number of rotatable bonds is 7. The average molecular weight is 518 g/mol. The number of halogens is 1. The number of benzene rings is 2. The molecule has 1 saturated heterocycles. The van der Waals surface area contributed by atoms with Gasteiger partial charge in [0.1, 0.15) is 12.4 Å². The number of hydrogen-bond donors (Lipinski definition) is 3.